The molecule has 10 nitrogen and oxygen atoms in total. The SMILES string of the molecule is CC(=O)OCC[N+](C)(C)C.CC(=O)OCC[N+](C)(C)C.O=C([O-])CCC(=O)[O-]. The second-order valence-corrected chi connectivity index (χ2v) is 7.95. The van der Waals surface area contributed by atoms with Gasteiger partial charge in [-0.1, -0.05) is 0 Å². The van der Waals surface area contributed by atoms with Gasteiger partial charge in [0, 0.05) is 25.8 Å². The quantitative estimate of drug-likeness (QED) is 0.309. The summed E-state index contributed by atoms with van der Waals surface area (Å²) in [7, 11) is 12.4. The number of nitrogens with zero attached hydrogens (tertiary/aromatic N) is 2. The third-order valence-electron chi connectivity index (χ3n) is 2.67. The van der Waals surface area contributed by atoms with Crippen LogP contribution < -0.4 is 10.2 Å². The van der Waals surface area contributed by atoms with Crippen molar-refractivity contribution in [2.45, 2.75) is 26.7 Å². The minimum atomic E-state index is -1.37. The van der Waals surface area contributed by atoms with Gasteiger partial charge < -0.3 is 38.2 Å². The van der Waals surface area contributed by atoms with Gasteiger partial charge in [0.2, 0.25) is 0 Å². The van der Waals surface area contributed by atoms with Gasteiger partial charge in [-0.25, -0.2) is 0 Å². The van der Waals surface area contributed by atoms with Crippen molar-refractivity contribution in [1.82, 2.24) is 0 Å². The summed E-state index contributed by atoms with van der Waals surface area (Å²) in [5, 5.41) is 19.0. The molecule has 0 aliphatic rings. The number of rotatable bonds is 9. The number of quaternary nitrogens is 2. The summed E-state index contributed by atoms with van der Waals surface area (Å²) in [5.74, 6) is -3.13. The van der Waals surface area contributed by atoms with Gasteiger partial charge in [-0.3, -0.25) is 9.59 Å². The number of ether oxygens (including phenoxy) is 2. The Kier molecular flexibility index (Phi) is 17.2. The highest BCUT2D eigenvalue weighted by molar-refractivity contribution is 5.72. The molecule has 0 bridgehead atoms. The Morgan fingerprint density at radius 3 is 1.04 bits per heavy atom. The third-order valence-corrected chi connectivity index (χ3v) is 2.67. The fourth-order valence-corrected chi connectivity index (χ4v) is 1.13. The largest absolute Gasteiger partial charge is 0.550 e. The van der Waals surface area contributed by atoms with E-state index in [4.69, 9.17) is 9.47 Å². The molecule has 0 radical (unpaired) electrons. The van der Waals surface area contributed by atoms with E-state index in [9.17, 15) is 29.4 Å². The molecule has 166 valence electrons. The number of esters is 2. The van der Waals surface area contributed by atoms with Gasteiger partial charge in [-0.2, -0.15) is 0 Å². The topological polar surface area (TPSA) is 133 Å². The number of aliphatic carboxylic acids is 2. The van der Waals surface area contributed by atoms with Crippen LogP contribution >= 0.6 is 0 Å². The average molecular weight is 408 g/mol. The molecule has 0 aromatic carbocycles. The molecule has 0 unspecified atom stereocenters. The monoisotopic (exact) mass is 408 g/mol. The molecule has 0 aliphatic heterocycles. The Labute approximate surface area is 167 Å². The van der Waals surface area contributed by atoms with E-state index in [0.29, 0.717) is 13.2 Å². The van der Waals surface area contributed by atoms with Gasteiger partial charge in [0.1, 0.15) is 26.3 Å². The van der Waals surface area contributed by atoms with Gasteiger partial charge in [-0.15, -0.1) is 0 Å². The van der Waals surface area contributed by atoms with Crippen molar-refractivity contribution in [2.24, 2.45) is 0 Å². The molecule has 28 heavy (non-hydrogen) atoms. The van der Waals surface area contributed by atoms with E-state index in [1.54, 1.807) is 0 Å². The van der Waals surface area contributed by atoms with Crippen LogP contribution in [0.4, 0.5) is 0 Å². The minimum Gasteiger partial charge on any atom is -0.550 e. The molecule has 0 rings (SSSR count). The molecule has 0 fully saturated rings. The van der Waals surface area contributed by atoms with Crippen LogP contribution in [0.25, 0.3) is 0 Å². The van der Waals surface area contributed by atoms with E-state index in [0.717, 1.165) is 22.1 Å². The molecule has 0 amide bonds. The van der Waals surface area contributed by atoms with Gasteiger partial charge >= 0.3 is 11.9 Å². The molecule has 0 aromatic heterocycles. The molecular formula is C18H36N2O8. The standard InChI is InChI=1S/2C7H16NO2.C4H6O4/c2*1-7(9)10-6-5-8(2,3)4;5-3(6)1-2-4(7)8/h2*5-6H2,1-4H3;1-2H2,(H,5,6)(H,7,8)/q2*+1;/p-2. The molecule has 0 spiro atoms. The zero-order chi connectivity index (χ0) is 23.0. The van der Waals surface area contributed by atoms with Crippen LogP contribution in [0.2, 0.25) is 0 Å². The fraction of sp³-hybridized carbons (Fsp3) is 0.778. The normalized spacial score (nSPS) is 10.4. The van der Waals surface area contributed by atoms with Crippen LogP contribution in [0.3, 0.4) is 0 Å². The second kappa shape index (κ2) is 15.8. The molecule has 0 saturated carbocycles. The van der Waals surface area contributed by atoms with Crippen LogP contribution in [0, 0.1) is 0 Å². The third kappa shape index (κ3) is 43.8. The van der Waals surface area contributed by atoms with Crippen LogP contribution in [-0.4, -0.2) is 101 Å². The van der Waals surface area contributed by atoms with Crippen LogP contribution in [0.15, 0.2) is 0 Å². The average Bonchev–Trinajstić information content (AvgIpc) is 2.42. The number of hydrogen-bond donors (Lipinski definition) is 0. The summed E-state index contributed by atoms with van der Waals surface area (Å²) >= 11 is 0. The van der Waals surface area contributed by atoms with E-state index in [1.807, 2.05) is 0 Å². The summed E-state index contributed by atoms with van der Waals surface area (Å²) in [5.41, 5.74) is 0. The first-order valence-electron chi connectivity index (χ1n) is 8.73. The van der Waals surface area contributed by atoms with E-state index < -0.39 is 24.8 Å². The number of carbonyl (C=O) groups excluding carboxylic acids is 4. The maximum Gasteiger partial charge on any atom is 0.302 e. The zero-order valence-electron chi connectivity index (χ0n) is 18.4. The van der Waals surface area contributed by atoms with Crippen molar-refractivity contribution in [2.75, 3.05) is 68.6 Å². The van der Waals surface area contributed by atoms with Gasteiger partial charge in [-0.05, 0) is 12.8 Å². The molecule has 10 heteroatoms. The molecular weight excluding hydrogens is 372 g/mol. The molecule has 0 N–H and O–H groups in total. The smallest absolute Gasteiger partial charge is 0.302 e. The highest BCUT2D eigenvalue weighted by Gasteiger charge is 2.07. The van der Waals surface area contributed by atoms with Gasteiger partial charge in [0.25, 0.3) is 0 Å². The first kappa shape index (κ1) is 30.5. The maximum absolute atomic E-state index is 10.3. The second-order valence-electron chi connectivity index (χ2n) is 7.95. The van der Waals surface area contributed by atoms with Crippen molar-refractivity contribution in [3.05, 3.63) is 0 Å². The maximum atomic E-state index is 10.3. The Morgan fingerprint density at radius 1 is 0.643 bits per heavy atom. The van der Waals surface area contributed by atoms with Crippen molar-refractivity contribution >= 4 is 23.9 Å². The number of carboxylic acid groups (broad SMARTS) is 2. The van der Waals surface area contributed by atoms with Crippen LogP contribution in [-0.2, 0) is 28.7 Å². The Hall–Kier alpha value is -2.20. The minimum absolute atomic E-state index is 0.201. The summed E-state index contributed by atoms with van der Waals surface area (Å²) in [6.45, 7) is 5.60. The predicted octanol–water partition coefficient (Wildman–Crippen LogP) is -2.22. The molecule has 0 aliphatic carbocycles. The van der Waals surface area contributed by atoms with E-state index >= 15 is 0 Å². The van der Waals surface area contributed by atoms with E-state index in [2.05, 4.69) is 42.3 Å². The van der Waals surface area contributed by atoms with Crippen molar-refractivity contribution < 1.29 is 47.8 Å². The van der Waals surface area contributed by atoms with Crippen LogP contribution in [0.1, 0.15) is 26.7 Å². The van der Waals surface area contributed by atoms with Crippen molar-refractivity contribution in [3.63, 3.8) is 0 Å². The van der Waals surface area contributed by atoms with Gasteiger partial charge in [0.05, 0.1) is 42.3 Å². The zero-order valence-corrected chi connectivity index (χ0v) is 18.4. The fourth-order valence-electron chi connectivity index (χ4n) is 1.13. The molecule has 0 saturated heterocycles. The number of hydrogen-bond acceptors (Lipinski definition) is 8. The highest BCUT2D eigenvalue weighted by atomic mass is 16.5. The lowest BCUT2D eigenvalue weighted by atomic mass is 10.3. The molecule has 0 heterocycles. The van der Waals surface area contributed by atoms with Crippen LogP contribution in [0.5, 0.6) is 0 Å². The van der Waals surface area contributed by atoms with Crippen molar-refractivity contribution in [1.29, 1.82) is 0 Å². The Balaban J connectivity index is -0.000000337. The number of carboxylic acids is 2. The predicted molar refractivity (Wildman–Crippen MR) is 98.3 cm³/mol. The van der Waals surface area contributed by atoms with Gasteiger partial charge in [0.15, 0.2) is 0 Å². The van der Waals surface area contributed by atoms with E-state index in [-0.39, 0.29) is 11.9 Å². The van der Waals surface area contributed by atoms with E-state index in [1.165, 1.54) is 13.8 Å². The Morgan fingerprint density at radius 2 is 0.893 bits per heavy atom. The lowest BCUT2D eigenvalue weighted by Gasteiger charge is -2.23. The summed E-state index contributed by atoms with van der Waals surface area (Å²) in [6, 6.07) is 0. The number of likely N-dealkylation sites (N-methyl/N-ethyl adjacent to an activating group) is 2. The molecule has 0 aromatic rings. The number of carbonyl (C=O) groups is 4. The Bertz CT molecular complexity index is 435. The molecule has 0 atom stereocenters. The van der Waals surface area contributed by atoms with Crippen molar-refractivity contribution in [3.8, 4) is 0 Å². The highest BCUT2D eigenvalue weighted by Crippen LogP contribution is 1.89. The first-order valence-corrected chi connectivity index (χ1v) is 8.73. The summed E-state index contributed by atoms with van der Waals surface area (Å²) in [6.07, 6.45) is -0.940. The lowest BCUT2D eigenvalue weighted by Crippen LogP contribution is -2.37. The lowest BCUT2D eigenvalue weighted by molar-refractivity contribution is -0.870. The first-order chi connectivity index (χ1) is 12.5. The summed E-state index contributed by atoms with van der Waals surface area (Å²) < 4.78 is 11.2. The summed E-state index contributed by atoms with van der Waals surface area (Å²) in [4.78, 5) is 39.6.